The molecule has 0 radical (unpaired) electrons. The van der Waals surface area contributed by atoms with Crippen molar-refractivity contribution in [3.8, 4) is 0 Å². The fourth-order valence-electron chi connectivity index (χ4n) is 2.12. The van der Waals surface area contributed by atoms with Crippen LogP contribution in [-0.4, -0.2) is 36.5 Å². The molecule has 108 valence electrons. The van der Waals surface area contributed by atoms with Crippen molar-refractivity contribution in [1.29, 1.82) is 0 Å². The molecular formula is C13H23IN4S. The van der Waals surface area contributed by atoms with Crippen LogP contribution in [0.2, 0.25) is 0 Å². The number of rotatable bonds is 4. The van der Waals surface area contributed by atoms with Crippen LogP contribution < -0.4 is 5.32 Å². The summed E-state index contributed by atoms with van der Waals surface area (Å²) in [7, 11) is 3.90. The highest BCUT2D eigenvalue weighted by Gasteiger charge is 2.18. The molecule has 0 spiro atoms. The van der Waals surface area contributed by atoms with Gasteiger partial charge >= 0.3 is 0 Å². The lowest BCUT2D eigenvalue weighted by molar-refractivity contribution is 0.310. The van der Waals surface area contributed by atoms with Gasteiger partial charge in [0.2, 0.25) is 0 Å². The Bertz CT molecular complexity index is 415. The molecule has 6 heteroatoms. The van der Waals surface area contributed by atoms with E-state index in [9.17, 15) is 0 Å². The molecule has 2 rings (SSSR count). The van der Waals surface area contributed by atoms with Gasteiger partial charge in [0.25, 0.3) is 0 Å². The predicted octanol–water partition coefficient (Wildman–Crippen LogP) is 2.88. The van der Waals surface area contributed by atoms with Gasteiger partial charge in [0.05, 0.1) is 17.2 Å². The third-order valence-electron chi connectivity index (χ3n) is 3.41. The maximum atomic E-state index is 4.48. The van der Waals surface area contributed by atoms with E-state index in [-0.39, 0.29) is 24.0 Å². The fourth-order valence-corrected chi connectivity index (χ4v) is 2.72. The minimum Gasteiger partial charge on any atom is -0.356 e. The molecule has 1 aliphatic rings. The van der Waals surface area contributed by atoms with Crippen LogP contribution in [0.3, 0.4) is 0 Å². The largest absolute Gasteiger partial charge is 0.356 e. The number of nitrogens with one attached hydrogen (secondary N) is 1. The molecule has 1 heterocycles. The van der Waals surface area contributed by atoms with E-state index in [4.69, 9.17) is 0 Å². The molecule has 1 aromatic rings. The molecule has 0 atom stereocenters. The first kappa shape index (κ1) is 16.7. The SMILES string of the molecule is CN=C(NCC1CCC1)N(C)Cc1csc(C)n1.I. The molecule has 1 N–H and O–H groups in total. The third kappa shape index (κ3) is 4.91. The molecule has 0 bridgehead atoms. The molecule has 0 aromatic carbocycles. The Kier molecular flexibility index (Phi) is 7.06. The second-order valence-corrected chi connectivity index (χ2v) is 6.00. The molecule has 4 nitrogen and oxygen atoms in total. The van der Waals surface area contributed by atoms with Crippen molar-refractivity contribution >= 4 is 41.3 Å². The summed E-state index contributed by atoms with van der Waals surface area (Å²) < 4.78 is 0. The Morgan fingerprint density at radius 3 is 2.79 bits per heavy atom. The molecule has 0 unspecified atom stereocenters. The Morgan fingerprint density at radius 1 is 1.58 bits per heavy atom. The molecule has 1 saturated carbocycles. The second kappa shape index (κ2) is 8.04. The van der Waals surface area contributed by atoms with Gasteiger partial charge in [-0.3, -0.25) is 4.99 Å². The fraction of sp³-hybridized carbons (Fsp3) is 0.692. The van der Waals surface area contributed by atoms with Crippen molar-refractivity contribution < 1.29 is 0 Å². The number of aromatic nitrogens is 1. The van der Waals surface area contributed by atoms with Crippen LogP contribution in [-0.2, 0) is 6.54 Å². The molecule has 1 aromatic heterocycles. The molecule has 1 fully saturated rings. The van der Waals surface area contributed by atoms with E-state index < -0.39 is 0 Å². The lowest BCUT2D eigenvalue weighted by atomic mass is 9.85. The summed E-state index contributed by atoms with van der Waals surface area (Å²) in [5, 5.41) is 6.69. The zero-order valence-corrected chi connectivity index (χ0v) is 15.0. The highest BCUT2D eigenvalue weighted by molar-refractivity contribution is 14.0. The van der Waals surface area contributed by atoms with E-state index in [1.54, 1.807) is 11.3 Å². The molecule has 0 saturated heterocycles. The molecule has 1 aliphatic carbocycles. The van der Waals surface area contributed by atoms with E-state index in [0.717, 1.165) is 35.7 Å². The van der Waals surface area contributed by atoms with Crippen LogP contribution >= 0.6 is 35.3 Å². The standard InChI is InChI=1S/C13H22N4S.HI/c1-10-16-12(9-18-10)8-17(3)13(14-2)15-7-11-5-4-6-11;/h9,11H,4-8H2,1-3H3,(H,14,15);1H. The quantitative estimate of drug-likeness (QED) is 0.485. The van der Waals surface area contributed by atoms with Gasteiger partial charge in [0, 0.05) is 26.0 Å². The number of guanidine groups is 1. The number of aryl methyl sites for hydroxylation is 1. The number of halogens is 1. The summed E-state index contributed by atoms with van der Waals surface area (Å²) >= 11 is 1.70. The lowest BCUT2D eigenvalue weighted by Gasteiger charge is -2.28. The van der Waals surface area contributed by atoms with Crippen LogP contribution in [0.15, 0.2) is 10.4 Å². The van der Waals surface area contributed by atoms with E-state index in [2.05, 4.69) is 32.6 Å². The van der Waals surface area contributed by atoms with E-state index >= 15 is 0 Å². The van der Waals surface area contributed by atoms with Gasteiger partial charge in [-0.25, -0.2) is 4.98 Å². The van der Waals surface area contributed by atoms with Crippen molar-refractivity contribution in [1.82, 2.24) is 15.2 Å². The molecular weight excluding hydrogens is 371 g/mol. The topological polar surface area (TPSA) is 40.5 Å². The second-order valence-electron chi connectivity index (χ2n) is 4.94. The number of thiazole rings is 1. The van der Waals surface area contributed by atoms with E-state index in [0.29, 0.717) is 0 Å². The van der Waals surface area contributed by atoms with Crippen molar-refractivity contribution in [2.75, 3.05) is 20.6 Å². The Labute approximate surface area is 136 Å². The van der Waals surface area contributed by atoms with Gasteiger partial charge in [-0.15, -0.1) is 35.3 Å². The lowest BCUT2D eigenvalue weighted by Crippen LogP contribution is -2.41. The van der Waals surface area contributed by atoms with Crippen molar-refractivity contribution in [3.63, 3.8) is 0 Å². The predicted molar refractivity (Wildman–Crippen MR) is 92.4 cm³/mol. The highest BCUT2D eigenvalue weighted by atomic mass is 127. The summed E-state index contributed by atoms with van der Waals surface area (Å²) in [6.07, 6.45) is 4.11. The molecule has 19 heavy (non-hydrogen) atoms. The number of hydrogen-bond acceptors (Lipinski definition) is 3. The smallest absolute Gasteiger partial charge is 0.193 e. The zero-order chi connectivity index (χ0) is 13.0. The van der Waals surface area contributed by atoms with Gasteiger partial charge in [-0.1, -0.05) is 6.42 Å². The summed E-state index contributed by atoms with van der Waals surface area (Å²) in [4.78, 5) is 10.9. The Morgan fingerprint density at radius 2 is 2.32 bits per heavy atom. The highest BCUT2D eigenvalue weighted by Crippen LogP contribution is 2.25. The average molecular weight is 394 g/mol. The molecule has 0 amide bonds. The molecule has 0 aliphatic heterocycles. The van der Waals surface area contributed by atoms with Gasteiger partial charge < -0.3 is 10.2 Å². The minimum atomic E-state index is 0. The van der Waals surface area contributed by atoms with Crippen LogP contribution in [0, 0.1) is 12.8 Å². The monoisotopic (exact) mass is 394 g/mol. The van der Waals surface area contributed by atoms with Crippen molar-refractivity contribution in [3.05, 3.63) is 16.1 Å². The average Bonchev–Trinajstić information content (AvgIpc) is 2.67. The normalized spacial score (nSPS) is 15.6. The van der Waals surface area contributed by atoms with Gasteiger partial charge in [-0.05, 0) is 25.7 Å². The van der Waals surface area contributed by atoms with Crippen molar-refractivity contribution in [2.24, 2.45) is 10.9 Å². The van der Waals surface area contributed by atoms with Gasteiger partial charge in [0.15, 0.2) is 5.96 Å². The maximum Gasteiger partial charge on any atom is 0.193 e. The Balaban J connectivity index is 0.00000180. The van der Waals surface area contributed by atoms with Crippen LogP contribution in [0.25, 0.3) is 0 Å². The van der Waals surface area contributed by atoms with Gasteiger partial charge in [-0.2, -0.15) is 0 Å². The summed E-state index contributed by atoms with van der Waals surface area (Å²) in [5.41, 5.74) is 1.12. The first-order valence-corrected chi connectivity index (χ1v) is 7.40. The Hall–Kier alpha value is -0.370. The van der Waals surface area contributed by atoms with Crippen molar-refractivity contribution in [2.45, 2.75) is 32.7 Å². The number of aliphatic imine (C=N–C) groups is 1. The minimum absolute atomic E-state index is 0. The first-order valence-electron chi connectivity index (χ1n) is 6.52. The van der Waals surface area contributed by atoms with Gasteiger partial charge in [0.1, 0.15) is 0 Å². The maximum absolute atomic E-state index is 4.48. The van der Waals surface area contributed by atoms with E-state index in [1.807, 2.05) is 14.0 Å². The zero-order valence-electron chi connectivity index (χ0n) is 11.8. The van der Waals surface area contributed by atoms with E-state index in [1.165, 1.54) is 19.3 Å². The van der Waals surface area contributed by atoms with Crippen LogP contribution in [0.5, 0.6) is 0 Å². The third-order valence-corrected chi connectivity index (χ3v) is 4.24. The number of nitrogens with zero attached hydrogens (tertiary/aromatic N) is 3. The summed E-state index contributed by atoms with van der Waals surface area (Å²) in [5.74, 6) is 1.81. The number of hydrogen-bond donors (Lipinski definition) is 1. The summed E-state index contributed by atoms with van der Waals surface area (Å²) in [6.45, 7) is 3.90. The summed E-state index contributed by atoms with van der Waals surface area (Å²) in [6, 6.07) is 0. The van der Waals surface area contributed by atoms with Crippen LogP contribution in [0.1, 0.15) is 30.0 Å². The first-order chi connectivity index (χ1) is 8.69. The van der Waals surface area contributed by atoms with Crippen LogP contribution in [0.4, 0.5) is 0 Å².